The summed E-state index contributed by atoms with van der Waals surface area (Å²) in [6.07, 6.45) is 4.59. The molecule has 0 bridgehead atoms. The Balaban J connectivity index is 1.47. The monoisotopic (exact) mass is 405 g/mol. The van der Waals surface area contributed by atoms with Crippen LogP contribution in [0.25, 0.3) is 0 Å². The molecule has 0 spiro atoms. The third kappa shape index (κ3) is 3.60. The minimum absolute atomic E-state index is 0.0937. The zero-order chi connectivity index (χ0) is 19.7. The van der Waals surface area contributed by atoms with E-state index in [2.05, 4.69) is 0 Å². The fourth-order valence-electron chi connectivity index (χ4n) is 4.45. The summed E-state index contributed by atoms with van der Waals surface area (Å²) in [5.41, 5.74) is 2.10. The van der Waals surface area contributed by atoms with Gasteiger partial charge in [0.25, 0.3) is 16.1 Å². The van der Waals surface area contributed by atoms with Gasteiger partial charge in [0, 0.05) is 56.8 Å². The Labute approximate surface area is 166 Å². The van der Waals surface area contributed by atoms with E-state index in [-0.39, 0.29) is 11.7 Å². The highest BCUT2D eigenvalue weighted by atomic mass is 32.2. The van der Waals surface area contributed by atoms with Crippen molar-refractivity contribution in [1.82, 2.24) is 13.5 Å². The highest BCUT2D eigenvalue weighted by molar-refractivity contribution is 7.86. The highest BCUT2D eigenvalue weighted by Crippen LogP contribution is 2.27. The summed E-state index contributed by atoms with van der Waals surface area (Å²) in [6.45, 7) is 2.84. The van der Waals surface area contributed by atoms with Crippen molar-refractivity contribution in [3.63, 3.8) is 0 Å². The molecule has 0 N–H and O–H groups in total. The van der Waals surface area contributed by atoms with Crippen LogP contribution in [0.3, 0.4) is 0 Å². The summed E-state index contributed by atoms with van der Waals surface area (Å²) in [5.74, 6) is 0.00286. The molecule has 1 aromatic rings. The lowest BCUT2D eigenvalue weighted by atomic mass is 10.0. The largest absolute Gasteiger partial charge is 0.337 e. The Morgan fingerprint density at radius 3 is 2.32 bits per heavy atom. The number of carbonyl (C=O) groups excluding carboxylic acids is 2. The Morgan fingerprint density at radius 1 is 0.821 bits per heavy atom. The molecular formula is C20H27N3O4S. The molecule has 1 aromatic carbocycles. The van der Waals surface area contributed by atoms with Gasteiger partial charge >= 0.3 is 0 Å². The molecule has 0 saturated carbocycles. The Kier molecular flexibility index (Phi) is 5.53. The zero-order valence-electron chi connectivity index (χ0n) is 16.1. The van der Waals surface area contributed by atoms with Crippen LogP contribution < -0.4 is 0 Å². The first-order chi connectivity index (χ1) is 13.5. The number of rotatable bonds is 3. The molecule has 1 aliphatic carbocycles. The molecule has 2 heterocycles. The van der Waals surface area contributed by atoms with Crippen molar-refractivity contribution in [1.29, 1.82) is 0 Å². The van der Waals surface area contributed by atoms with E-state index in [0.29, 0.717) is 69.7 Å². The average molecular weight is 406 g/mol. The average Bonchev–Trinajstić information content (AvgIpc) is 2.93. The lowest BCUT2D eigenvalue weighted by molar-refractivity contribution is 0.0763. The van der Waals surface area contributed by atoms with Crippen LogP contribution in [0.15, 0.2) is 18.2 Å². The van der Waals surface area contributed by atoms with Gasteiger partial charge < -0.3 is 4.90 Å². The number of Topliss-reactive ketones (excluding diaryl/α,β-unsaturated/α-hetero) is 1. The molecule has 0 atom stereocenters. The Morgan fingerprint density at radius 2 is 1.54 bits per heavy atom. The molecule has 28 heavy (non-hydrogen) atoms. The van der Waals surface area contributed by atoms with Crippen LogP contribution in [0.5, 0.6) is 0 Å². The number of ketones is 1. The van der Waals surface area contributed by atoms with E-state index >= 15 is 0 Å². The molecule has 7 nitrogen and oxygen atoms in total. The lowest BCUT2D eigenvalue weighted by Crippen LogP contribution is -2.47. The molecule has 0 aromatic heterocycles. The van der Waals surface area contributed by atoms with E-state index in [1.807, 2.05) is 0 Å². The van der Waals surface area contributed by atoms with Gasteiger partial charge in [-0.15, -0.1) is 0 Å². The van der Waals surface area contributed by atoms with E-state index in [1.165, 1.54) is 4.31 Å². The first-order valence-electron chi connectivity index (χ1n) is 10.2. The molecule has 1 amide bonds. The second-order valence-electron chi connectivity index (χ2n) is 7.77. The van der Waals surface area contributed by atoms with Crippen molar-refractivity contribution in [3.8, 4) is 0 Å². The standard InChI is InChI=1S/C20H27N3O4S/c24-19-9-8-16-17(19)6-4-7-18(16)20(25)21-10-5-13-23(15-14-21)28(26,27)22-11-2-1-3-12-22/h4,6-7H,1-3,5,8-15H2. The van der Waals surface area contributed by atoms with E-state index in [0.717, 1.165) is 24.8 Å². The normalized spacial score (nSPS) is 22.1. The van der Waals surface area contributed by atoms with Gasteiger partial charge in [-0.2, -0.15) is 17.0 Å². The summed E-state index contributed by atoms with van der Waals surface area (Å²) in [4.78, 5) is 26.8. The number of fused-ring (bicyclic) bond motifs is 1. The second-order valence-corrected chi connectivity index (χ2v) is 9.70. The van der Waals surface area contributed by atoms with Gasteiger partial charge in [0.2, 0.25) is 0 Å². The minimum Gasteiger partial charge on any atom is -0.337 e. The number of piperidine rings is 1. The number of amides is 1. The summed E-state index contributed by atoms with van der Waals surface area (Å²) in [7, 11) is -3.45. The maximum atomic E-state index is 13.1. The van der Waals surface area contributed by atoms with Gasteiger partial charge in [-0.25, -0.2) is 0 Å². The molecule has 2 aliphatic heterocycles. The highest BCUT2D eigenvalue weighted by Gasteiger charge is 2.33. The van der Waals surface area contributed by atoms with Crippen molar-refractivity contribution in [3.05, 3.63) is 34.9 Å². The van der Waals surface area contributed by atoms with Gasteiger partial charge in [0.05, 0.1) is 0 Å². The molecule has 2 fully saturated rings. The zero-order valence-corrected chi connectivity index (χ0v) is 16.9. The van der Waals surface area contributed by atoms with Crippen molar-refractivity contribution < 1.29 is 18.0 Å². The maximum Gasteiger partial charge on any atom is 0.282 e. The van der Waals surface area contributed by atoms with E-state index < -0.39 is 10.2 Å². The number of hydrogen-bond acceptors (Lipinski definition) is 4. The number of benzene rings is 1. The molecule has 3 aliphatic rings. The summed E-state index contributed by atoms with van der Waals surface area (Å²) in [6, 6.07) is 5.34. The number of nitrogens with zero attached hydrogens (tertiary/aromatic N) is 3. The molecule has 4 rings (SSSR count). The van der Waals surface area contributed by atoms with E-state index in [9.17, 15) is 18.0 Å². The van der Waals surface area contributed by atoms with Crippen LogP contribution in [-0.2, 0) is 16.6 Å². The van der Waals surface area contributed by atoms with Gasteiger partial charge in [-0.3, -0.25) is 9.59 Å². The summed E-state index contributed by atoms with van der Waals surface area (Å²) in [5, 5.41) is 0. The Bertz CT molecular complexity index is 877. The third-order valence-corrected chi connectivity index (χ3v) is 8.05. The van der Waals surface area contributed by atoms with Gasteiger partial charge in [-0.05, 0) is 37.3 Å². The van der Waals surface area contributed by atoms with Crippen LogP contribution in [0.4, 0.5) is 0 Å². The second kappa shape index (κ2) is 7.93. The van der Waals surface area contributed by atoms with Crippen LogP contribution in [0.2, 0.25) is 0 Å². The predicted molar refractivity (Wildman–Crippen MR) is 106 cm³/mol. The van der Waals surface area contributed by atoms with Crippen molar-refractivity contribution in [2.45, 2.75) is 38.5 Å². The smallest absolute Gasteiger partial charge is 0.282 e. The van der Waals surface area contributed by atoms with Gasteiger partial charge in [0.15, 0.2) is 5.78 Å². The molecule has 152 valence electrons. The van der Waals surface area contributed by atoms with Crippen LogP contribution >= 0.6 is 0 Å². The molecule has 2 saturated heterocycles. The predicted octanol–water partition coefficient (Wildman–Crippen LogP) is 1.69. The minimum atomic E-state index is -3.45. The summed E-state index contributed by atoms with van der Waals surface area (Å²) < 4.78 is 29.0. The number of hydrogen-bond donors (Lipinski definition) is 0. The molecular weight excluding hydrogens is 378 g/mol. The quantitative estimate of drug-likeness (QED) is 0.767. The SMILES string of the molecule is O=C1CCc2c1cccc2C(=O)N1CCCN(S(=O)(=O)N2CCCCC2)CC1. The van der Waals surface area contributed by atoms with Crippen LogP contribution in [0, 0.1) is 0 Å². The fourth-order valence-corrected chi connectivity index (χ4v) is 6.17. The van der Waals surface area contributed by atoms with E-state index in [4.69, 9.17) is 0 Å². The topological polar surface area (TPSA) is 78.0 Å². The van der Waals surface area contributed by atoms with Gasteiger partial charge in [-0.1, -0.05) is 18.6 Å². The first-order valence-corrected chi connectivity index (χ1v) is 11.6. The van der Waals surface area contributed by atoms with Crippen molar-refractivity contribution >= 4 is 21.9 Å². The Hall–Kier alpha value is -1.77. The van der Waals surface area contributed by atoms with Crippen molar-refractivity contribution in [2.75, 3.05) is 39.3 Å². The van der Waals surface area contributed by atoms with E-state index in [1.54, 1.807) is 27.4 Å². The molecule has 0 radical (unpaired) electrons. The summed E-state index contributed by atoms with van der Waals surface area (Å²) >= 11 is 0. The number of carbonyl (C=O) groups is 2. The lowest BCUT2D eigenvalue weighted by Gasteiger charge is -2.31. The van der Waals surface area contributed by atoms with Crippen LogP contribution in [0.1, 0.15) is 58.4 Å². The fraction of sp³-hybridized carbons (Fsp3) is 0.600. The molecule has 0 unspecified atom stereocenters. The van der Waals surface area contributed by atoms with Crippen molar-refractivity contribution in [2.24, 2.45) is 0 Å². The maximum absolute atomic E-state index is 13.1. The third-order valence-electron chi connectivity index (χ3n) is 6.02. The first kappa shape index (κ1) is 19.5. The molecule has 8 heteroatoms. The van der Waals surface area contributed by atoms with Crippen LogP contribution in [-0.4, -0.2) is 72.9 Å². The van der Waals surface area contributed by atoms with Gasteiger partial charge in [0.1, 0.15) is 0 Å².